The molecule has 4 nitrogen and oxygen atoms in total. The molecule has 1 heterocycles. The van der Waals surface area contributed by atoms with Gasteiger partial charge in [0.25, 0.3) is 0 Å². The molecule has 1 aliphatic rings. The van der Waals surface area contributed by atoms with Crippen LogP contribution in [0.5, 0.6) is 0 Å². The summed E-state index contributed by atoms with van der Waals surface area (Å²) < 4.78 is 0. The summed E-state index contributed by atoms with van der Waals surface area (Å²) >= 11 is 0. The van der Waals surface area contributed by atoms with Crippen molar-refractivity contribution < 1.29 is 9.90 Å². The van der Waals surface area contributed by atoms with Crippen LogP contribution in [0.3, 0.4) is 0 Å². The van der Waals surface area contributed by atoms with Crippen LogP contribution in [-0.4, -0.2) is 22.1 Å². The van der Waals surface area contributed by atoms with E-state index < -0.39 is 5.97 Å². The van der Waals surface area contributed by atoms with Gasteiger partial charge in [-0.1, -0.05) is 26.2 Å². The van der Waals surface area contributed by atoms with Crippen LogP contribution in [-0.2, 0) is 0 Å². The molecule has 4 heteroatoms. The number of nitrogens with one attached hydrogen (secondary N) is 1. The zero-order valence-electron chi connectivity index (χ0n) is 12.6. The summed E-state index contributed by atoms with van der Waals surface area (Å²) in [5, 5.41) is 12.9. The monoisotopic (exact) mass is 276 g/mol. The Bertz CT molecular complexity index is 499. The normalized spacial score (nSPS) is 22.6. The van der Waals surface area contributed by atoms with Gasteiger partial charge in [0.1, 0.15) is 5.56 Å². The Morgan fingerprint density at radius 2 is 2.10 bits per heavy atom. The Hall–Kier alpha value is -1.58. The molecule has 0 spiro atoms. The van der Waals surface area contributed by atoms with Crippen LogP contribution in [0.4, 0.5) is 5.69 Å². The van der Waals surface area contributed by atoms with Crippen molar-refractivity contribution in [1.82, 2.24) is 4.98 Å². The van der Waals surface area contributed by atoms with Crippen LogP contribution in [0.15, 0.2) is 6.07 Å². The maximum absolute atomic E-state index is 11.5. The molecule has 1 fully saturated rings. The molecule has 0 saturated heterocycles. The number of hydrogen-bond acceptors (Lipinski definition) is 3. The molecule has 2 N–H and O–H groups in total. The minimum absolute atomic E-state index is 0.316. The van der Waals surface area contributed by atoms with E-state index in [-0.39, 0.29) is 0 Å². The molecule has 20 heavy (non-hydrogen) atoms. The van der Waals surface area contributed by atoms with Gasteiger partial charge in [0.15, 0.2) is 0 Å². The summed E-state index contributed by atoms with van der Waals surface area (Å²) in [7, 11) is 0. The average molecular weight is 276 g/mol. The first-order chi connectivity index (χ1) is 9.52. The molecule has 0 aromatic carbocycles. The molecule has 2 unspecified atom stereocenters. The van der Waals surface area contributed by atoms with E-state index >= 15 is 0 Å². The van der Waals surface area contributed by atoms with E-state index in [0.717, 1.165) is 24.2 Å². The van der Waals surface area contributed by atoms with Crippen LogP contribution in [0, 0.1) is 19.8 Å². The number of anilines is 1. The molecule has 1 aromatic rings. The van der Waals surface area contributed by atoms with E-state index in [1.807, 2.05) is 13.0 Å². The first kappa shape index (κ1) is 14.8. The van der Waals surface area contributed by atoms with Crippen LogP contribution in [0.25, 0.3) is 0 Å². The van der Waals surface area contributed by atoms with E-state index in [4.69, 9.17) is 0 Å². The lowest BCUT2D eigenvalue weighted by atomic mass is 9.82. The largest absolute Gasteiger partial charge is 0.478 e. The zero-order chi connectivity index (χ0) is 14.7. The van der Waals surface area contributed by atoms with Crippen molar-refractivity contribution in [3.63, 3.8) is 0 Å². The van der Waals surface area contributed by atoms with Gasteiger partial charge in [-0.2, -0.15) is 0 Å². The van der Waals surface area contributed by atoms with Crippen molar-refractivity contribution in [2.75, 3.05) is 5.32 Å². The summed E-state index contributed by atoms with van der Waals surface area (Å²) in [4.78, 5) is 15.7. The number of aromatic nitrogens is 1. The quantitative estimate of drug-likeness (QED) is 0.878. The fourth-order valence-corrected chi connectivity index (χ4v) is 3.30. The van der Waals surface area contributed by atoms with Gasteiger partial charge in [0.05, 0.1) is 11.4 Å². The van der Waals surface area contributed by atoms with E-state index in [0.29, 0.717) is 23.2 Å². The fourth-order valence-electron chi connectivity index (χ4n) is 3.30. The lowest BCUT2D eigenvalue weighted by Crippen LogP contribution is -2.32. The SMILES string of the molecule is CCC1CCCCC1Nc1cc(C)nc(C)c1C(=O)O. The van der Waals surface area contributed by atoms with Gasteiger partial charge in [-0.05, 0) is 38.7 Å². The van der Waals surface area contributed by atoms with E-state index in [9.17, 15) is 9.90 Å². The van der Waals surface area contributed by atoms with Crippen molar-refractivity contribution in [3.05, 3.63) is 23.0 Å². The van der Waals surface area contributed by atoms with Crippen molar-refractivity contribution in [3.8, 4) is 0 Å². The highest BCUT2D eigenvalue weighted by atomic mass is 16.4. The molecule has 0 aliphatic heterocycles. The highest BCUT2D eigenvalue weighted by molar-refractivity contribution is 5.95. The van der Waals surface area contributed by atoms with E-state index in [1.165, 1.54) is 19.3 Å². The highest BCUT2D eigenvalue weighted by Gasteiger charge is 2.25. The highest BCUT2D eigenvalue weighted by Crippen LogP contribution is 2.31. The molecule has 2 atom stereocenters. The van der Waals surface area contributed by atoms with Gasteiger partial charge < -0.3 is 10.4 Å². The minimum Gasteiger partial charge on any atom is -0.478 e. The Morgan fingerprint density at radius 1 is 1.40 bits per heavy atom. The predicted molar refractivity (Wildman–Crippen MR) is 80.3 cm³/mol. The number of hydrogen-bond donors (Lipinski definition) is 2. The average Bonchev–Trinajstić information content (AvgIpc) is 2.38. The fraction of sp³-hybridized carbons (Fsp3) is 0.625. The number of carboxylic acid groups (broad SMARTS) is 1. The number of aryl methyl sites for hydroxylation is 2. The number of rotatable bonds is 4. The minimum atomic E-state index is -0.902. The molecule has 1 aromatic heterocycles. The summed E-state index contributed by atoms with van der Waals surface area (Å²) in [6, 6.07) is 2.24. The third-order valence-electron chi connectivity index (χ3n) is 4.32. The van der Waals surface area contributed by atoms with Gasteiger partial charge in [0, 0.05) is 11.7 Å². The van der Waals surface area contributed by atoms with Crippen LogP contribution < -0.4 is 5.32 Å². The summed E-state index contributed by atoms with van der Waals surface area (Å²) in [5.41, 5.74) is 2.49. The number of pyridine rings is 1. The van der Waals surface area contributed by atoms with E-state index in [1.54, 1.807) is 6.92 Å². The van der Waals surface area contributed by atoms with E-state index in [2.05, 4.69) is 17.2 Å². The van der Waals surface area contributed by atoms with Crippen LogP contribution in [0.2, 0.25) is 0 Å². The van der Waals surface area contributed by atoms with Gasteiger partial charge in [-0.15, -0.1) is 0 Å². The van der Waals surface area contributed by atoms with Crippen LogP contribution >= 0.6 is 0 Å². The number of aromatic carboxylic acids is 1. The summed E-state index contributed by atoms with van der Waals surface area (Å²) in [6.45, 7) is 5.88. The standard InChI is InChI=1S/C16H24N2O2/c1-4-12-7-5-6-8-13(12)18-14-9-10(2)17-11(3)15(14)16(19)20/h9,12-13H,4-8H2,1-3H3,(H,17,18)(H,19,20). The second kappa shape index (κ2) is 6.25. The molecule has 0 bridgehead atoms. The van der Waals surface area contributed by atoms with Crippen molar-refractivity contribution in [2.45, 2.75) is 58.9 Å². The molecule has 0 amide bonds. The molecule has 1 aliphatic carbocycles. The Kier molecular flexibility index (Phi) is 4.63. The second-order valence-corrected chi connectivity index (χ2v) is 5.78. The molecular formula is C16H24N2O2. The first-order valence-corrected chi connectivity index (χ1v) is 7.51. The molecule has 1 saturated carbocycles. The third kappa shape index (κ3) is 3.11. The number of carbonyl (C=O) groups is 1. The molecule has 2 rings (SSSR count). The van der Waals surface area contributed by atoms with Gasteiger partial charge in [-0.25, -0.2) is 4.79 Å². The van der Waals surface area contributed by atoms with Crippen molar-refractivity contribution in [1.29, 1.82) is 0 Å². The molecule has 110 valence electrons. The van der Waals surface area contributed by atoms with Crippen molar-refractivity contribution in [2.24, 2.45) is 5.92 Å². The Balaban J connectivity index is 2.30. The summed E-state index contributed by atoms with van der Waals surface area (Å²) in [6.07, 6.45) is 6.01. The van der Waals surface area contributed by atoms with Gasteiger partial charge >= 0.3 is 5.97 Å². The zero-order valence-corrected chi connectivity index (χ0v) is 12.6. The van der Waals surface area contributed by atoms with Crippen LogP contribution in [0.1, 0.15) is 60.8 Å². The van der Waals surface area contributed by atoms with Gasteiger partial charge in [-0.3, -0.25) is 4.98 Å². The lowest BCUT2D eigenvalue weighted by molar-refractivity contribution is 0.0696. The Morgan fingerprint density at radius 3 is 2.75 bits per heavy atom. The predicted octanol–water partition coefficient (Wildman–Crippen LogP) is 3.78. The van der Waals surface area contributed by atoms with Crippen molar-refractivity contribution >= 4 is 11.7 Å². The topological polar surface area (TPSA) is 62.2 Å². The lowest BCUT2D eigenvalue weighted by Gasteiger charge is -2.32. The molecular weight excluding hydrogens is 252 g/mol. The number of carboxylic acids is 1. The first-order valence-electron chi connectivity index (χ1n) is 7.51. The summed E-state index contributed by atoms with van der Waals surface area (Å²) in [5.74, 6) is -0.263. The number of nitrogens with zero attached hydrogens (tertiary/aromatic N) is 1. The van der Waals surface area contributed by atoms with Gasteiger partial charge in [0.2, 0.25) is 0 Å². The smallest absolute Gasteiger partial charge is 0.339 e. The molecule has 0 radical (unpaired) electrons. The maximum atomic E-state index is 11.5. The third-order valence-corrected chi connectivity index (χ3v) is 4.32. The second-order valence-electron chi connectivity index (χ2n) is 5.78. The Labute approximate surface area is 120 Å². The maximum Gasteiger partial charge on any atom is 0.339 e.